The third-order valence-electron chi connectivity index (χ3n) is 3.11. The Morgan fingerprint density at radius 1 is 1.33 bits per heavy atom. The van der Waals surface area contributed by atoms with Crippen LogP contribution in [-0.2, 0) is 9.53 Å². The highest BCUT2D eigenvalue weighted by Crippen LogP contribution is 2.29. The molecule has 1 heterocycles. The monoisotopic (exact) mass is 244 g/mol. The van der Waals surface area contributed by atoms with Crippen LogP contribution in [0.5, 0.6) is 0 Å². The molecule has 0 radical (unpaired) electrons. The Balaban J connectivity index is 2.52. The van der Waals surface area contributed by atoms with Gasteiger partial charge >= 0.3 is 0 Å². The maximum absolute atomic E-state index is 12.0. The smallest absolute Gasteiger partial charge is 0.254 e. The molecular weight excluding hydrogens is 228 g/mol. The minimum atomic E-state index is -0.536. The van der Waals surface area contributed by atoms with Crippen LogP contribution in [0.4, 0.5) is 5.69 Å². The first-order valence-electron chi connectivity index (χ1n) is 5.92. The molecule has 0 N–H and O–H groups in total. The summed E-state index contributed by atoms with van der Waals surface area (Å²) >= 11 is 0. The first kappa shape index (κ1) is 12.6. The molecule has 4 heteroatoms. The molecule has 1 amide bonds. The van der Waals surface area contributed by atoms with Crippen molar-refractivity contribution >= 4 is 11.6 Å². The van der Waals surface area contributed by atoms with Crippen LogP contribution < -0.4 is 4.90 Å². The lowest BCUT2D eigenvalue weighted by Gasteiger charge is -2.33. The van der Waals surface area contributed by atoms with Gasteiger partial charge < -0.3 is 4.74 Å². The largest absolute Gasteiger partial charge is 0.368 e. The summed E-state index contributed by atoms with van der Waals surface area (Å²) in [7, 11) is 0. The lowest BCUT2D eigenvalue weighted by atomic mass is 10.0. The predicted molar refractivity (Wildman–Crippen MR) is 68.4 cm³/mol. The number of nitrogens with zero attached hydrogens (tertiary/aromatic N) is 2. The molecule has 0 aliphatic carbocycles. The summed E-state index contributed by atoms with van der Waals surface area (Å²) < 4.78 is 5.13. The van der Waals surface area contributed by atoms with Crippen molar-refractivity contribution in [3.63, 3.8) is 0 Å². The molecule has 1 aromatic carbocycles. The second-order valence-electron chi connectivity index (χ2n) is 4.67. The number of amides is 1. The van der Waals surface area contributed by atoms with Crippen LogP contribution in [0.2, 0.25) is 0 Å². The van der Waals surface area contributed by atoms with Gasteiger partial charge in [-0.2, -0.15) is 5.26 Å². The molecular formula is C14H16N2O2. The van der Waals surface area contributed by atoms with Gasteiger partial charge in [-0.25, -0.2) is 0 Å². The van der Waals surface area contributed by atoms with Crippen molar-refractivity contribution in [3.05, 3.63) is 28.8 Å². The fourth-order valence-corrected chi connectivity index (χ4v) is 2.50. The molecule has 1 saturated heterocycles. The van der Waals surface area contributed by atoms with E-state index in [0.717, 1.165) is 22.4 Å². The molecule has 1 atom stereocenters. The van der Waals surface area contributed by atoms with E-state index in [1.807, 2.05) is 32.9 Å². The van der Waals surface area contributed by atoms with Crippen LogP contribution >= 0.6 is 0 Å². The highest BCUT2D eigenvalue weighted by molar-refractivity contribution is 5.97. The molecule has 18 heavy (non-hydrogen) atoms. The first-order chi connectivity index (χ1) is 8.54. The molecule has 0 saturated carbocycles. The van der Waals surface area contributed by atoms with Gasteiger partial charge in [0.05, 0.1) is 18.4 Å². The van der Waals surface area contributed by atoms with E-state index in [1.165, 1.54) is 0 Å². The van der Waals surface area contributed by atoms with E-state index in [4.69, 9.17) is 10.00 Å². The zero-order valence-corrected chi connectivity index (χ0v) is 10.9. The highest BCUT2D eigenvalue weighted by Gasteiger charge is 2.31. The Morgan fingerprint density at radius 2 is 1.94 bits per heavy atom. The first-order valence-corrected chi connectivity index (χ1v) is 5.92. The van der Waals surface area contributed by atoms with Crippen molar-refractivity contribution in [1.29, 1.82) is 5.26 Å². The molecule has 4 nitrogen and oxygen atoms in total. The summed E-state index contributed by atoms with van der Waals surface area (Å²) in [6.07, 6.45) is 0. The number of carbonyl (C=O) groups is 1. The van der Waals surface area contributed by atoms with Crippen molar-refractivity contribution in [2.45, 2.75) is 26.8 Å². The predicted octanol–water partition coefficient (Wildman–Crippen LogP) is 1.87. The van der Waals surface area contributed by atoms with E-state index < -0.39 is 6.04 Å². The Hall–Kier alpha value is -1.86. The van der Waals surface area contributed by atoms with E-state index in [0.29, 0.717) is 0 Å². The lowest BCUT2D eigenvalue weighted by Crippen LogP contribution is -2.49. The summed E-state index contributed by atoms with van der Waals surface area (Å²) in [5.41, 5.74) is 4.04. The van der Waals surface area contributed by atoms with Crippen LogP contribution in [0.25, 0.3) is 0 Å². The maximum Gasteiger partial charge on any atom is 0.254 e. The number of carbonyl (C=O) groups excluding carboxylic acids is 1. The van der Waals surface area contributed by atoms with Gasteiger partial charge in [0.15, 0.2) is 0 Å². The van der Waals surface area contributed by atoms with Crippen molar-refractivity contribution < 1.29 is 9.53 Å². The molecule has 2 rings (SSSR count). The SMILES string of the molecule is Cc1cc(C)c(N2C(=O)COCC2C#N)c(C)c1. The number of benzene rings is 1. The van der Waals surface area contributed by atoms with E-state index in [-0.39, 0.29) is 19.1 Å². The summed E-state index contributed by atoms with van der Waals surface area (Å²) in [5, 5.41) is 9.15. The average Bonchev–Trinajstić information content (AvgIpc) is 2.29. The van der Waals surface area contributed by atoms with Crippen molar-refractivity contribution in [2.75, 3.05) is 18.1 Å². The molecule has 1 aliphatic heterocycles. The minimum absolute atomic E-state index is 0.0466. The second-order valence-corrected chi connectivity index (χ2v) is 4.67. The Bertz CT molecular complexity index is 508. The van der Waals surface area contributed by atoms with Gasteiger partial charge in [0.25, 0.3) is 5.91 Å². The zero-order valence-electron chi connectivity index (χ0n) is 10.9. The number of nitriles is 1. The number of aryl methyl sites for hydroxylation is 3. The van der Waals surface area contributed by atoms with E-state index in [1.54, 1.807) is 4.90 Å². The number of morpholine rings is 1. The quantitative estimate of drug-likeness (QED) is 0.757. The van der Waals surface area contributed by atoms with Gasteiger partial charge in [0, 0.05) is 0 Å². The van der Waals surface area contributed by atoms with Gasteiger partial charge in [0.1, 0.15) is 12.6 Å². The number of hydrogen-bond donors (Lipinski definition) is 0. The Morgan fingerprint density at radius 3 is 2.50 bits per heavy atom. The van der Waals surface area contributed by atoms with Crippen LogP contribution in [0, 0.1) is 32.1 Å². The average molecular weight is 244 g/mol. The van der Waals surface area contributed by atoms with Gasteiger partial charge in [-0.3, -0.25) is 9.69 Å². The number of rotatable bonds is 1. The van der Waals surface area contributed by atoms with Crippen molar-refractivity contribution in [3.8, 4) is 6.07 Å². The van der Waals surface area contributed by atoms with E-state index in [9.17, 15) is 4.79 Å². The topological polar surface area (TPSA) is 53.3 Å². The summed E-state index contributed by atoms with van der Waals surface area (Å²) in [4.78, 5) is 13.6. The molecule has 1 aliphatic rings. The molecule has 0 spiro atoms. The Kier molecular flexibility index (Phi) is 3.35. The van der Waals surface area contributed by atoms with Crippen LogP contribution in [0.15, 0.2) is 12.1 Å². The minimum Gasteiger partial charge on any atom is -0.368 e. The third-order valence-corrected chi connectivity index (χ3v) is 3.11. The molecule has 1 unspecified atom stereocenters. The zero-order chi connectivity index (χ0) is 13.3. The van der Waals surface area contributed by atoms with Gasteiger partial charge in [0.2, 0.25) is 0 Å². The number of hydrogen-bond acceptors (Lipinski definition) is 3. The van der Waals surface area contributed by atoms with E-state index in [2.05, 4.69) is 6.07 Å². The van der Waals surface area contributed by atoms with Gasteiger partial charge in [-0.15, -0.1) is 0 Å². The fraction of sp³-hybridized carbons (Fsp3) is 0.429. The lowest BCUT2D eigenvalue weighted by molar-refractivity contribution is -0.126. The maximum atomic E-state index is 12.0. The normalized spacial score (nSPS) is 19.8. The molecule has 1 aromatic rings. The molecule has 0 aromatic heterocycles. The number of ether oxygens (including phenoxy) is 1. The third kappa shape index (κ3) is 2.09. The standard InChI is InChI=1S/C14H16N2O2/c1-9-4-10(2)14(11(3)5-9)16-12(6-15)7-18-8-13(16)17/h4-5,12H,7-8H2,1-3H3. The van der Waals surface area contributed by atoms with E-state index >= 15 is 0 Å². The van der Waals surface area contributed by atoms with Crippen LogP contribution in [-0.4, -0.2) is 25.2 Å². The van der Waals surface area contributed by atoms with Gasteiger partial charge in [-0.05, 0) is 31.9 Å². The van der Waals surface area contributed by atoms with Crippen LogP contribution in [0.3, 0.4) is 0 Å². The van der Waals surface area contributed by atoms with Crippen molar-refractivity contribution in [2.24, 2.45) is 0 Å². The summed E-state index contributed by atoms with van der Waals surface area (Å²) in [6, 6.07) is 5.65. The van der Waals surface area contributed by atoms with Crippen molar-refractivity contribution in [1.82, 2.24) is 0 Å². The Labute approximate surface area is 107 Å². The molecule has 1 fully saturated rings. The molecule has 0 bridgehead atoms. The highest BCUT2D eigenvalue weighted by atomic mass is 16.5. The molecule has 94 valence electrons. The summed E-state index contributed by atoms with van der Waals surface area (Å²) in [6.45, 7) is 6.27. The van der Waals surface area contributed by atoms with Crippen LogP contribution in [0.1, 0.15) is 16.7 Å². The number of anilines is 1. The second kappa shape index (κ2) is 4.79. The summed E-state index contributed by atoms with van der Waals surface area (Å²) in [5.74, 6) is -0.150. The van der Waals surface area contributed by atoms with Gasteiger partial charge in [-0.1, -0.05) is 17.7 Å². The fourth-order valence-electron chi connectivity index (χ4n) is 2.50.